The fraction of sp³-hybridized carbons (Fsp3) is 0. The minimum Gasteiger partial charge on any atom is -0.454 e. The molecule has 4 aromatic rings. The third-order valence-electron chi connectivity index (χ3n) is 3.47. The van der Waals surface area contributed by atoms with Gasteiger partial charge in [-0.2, -0.15) is 9.49 Å². The lowest BCUT2D eigenvalue weighted by atomic mass is 10.2. The molecule has 0 saturated heterocycles. The highest BCUT2D eigenvalue weighted by Gasteiger charge is 2.16. The highest BCUT2D eigenvalue weighted by Crippen LogP contribution is 2.24. The zero-order valence-electron chi connectivity index (χ0n) is 13.5. The molecule has 0 bridgehead atoms. The van der Waals surface area contributed by atoms with E-state index in [1.165, 1.54) is 41.4 Å². The molecule has 0 aliphatic rings. The van der Waals surface area contributed by atoms with Gasteiger partial charge >= 0.3 is 0 Å². The SMILES string of the molecule is O=C(Nc1cccc(F)n1)c1cc(Oc2cncc(F)c2)cn2ncnc12. The Balaban J connectivity index is 1.69. The molecule has 4 aromatic heterocycles. The lowest BCUT2D eigenvalue weighted by molar-refractivity contribution is 0.102. The van der Waals surface area contributed by atoms with Gasteiger partial charge in [-0.15, -0.1) is 0 Å². The maximum atomic E-state index is 13.3. The van der Waals surface area contributed by atoms with Crippen LogP contribution in [0.15, 0.2) is 55.2 Å². The van der Waals surface area contributed by atoms with Crippen molar-refractivity contribution in [1.82, 2.24) is 24.6 Å². The number of amides is 1. The third-order valence-corrected chi connectivity index (χ3v) is 3.47. The summed E-state index contributed by atoms with van der Waals surface area (Å²) in [5.74, 6) is -1.49. The third kappa shape index (κ3) is 3.54. The number of ether oxygens (including phenoxy) is 1. The molecule has 0 atom stereocenters. The van der Waals surface area contributed by atoms with Crippen LogP contribution in [-0.2, 0) is 0 Å². The first-order valence-electron chi connectivity index (χ1n) is 7.64. The molecule has 27 heavy (non-hydrogen) atoms. The zero-order chi connectivity index (χ0) is 18.8. The number of aromatic nitrogens is 5. The Morgan fingerprint density at radius 1 is 1.15 bits per heavy atom. The summed E-state index contributed by atoms with van der Waals surface area (Å²) >= 11 is 0. The standard InChI is InChI=1S/C17H10F2N6O2/c18-10-4-11(7-20-6-10)27-12-5-13(16-21-9-22-25(16)8-12)17(26)24-15-3-1-2-14(19)23-15/h1-9H,(H,23,24,26). The van der Waals surface area contributed by atoms with E-state index in [1.54, 1.807) is 0 Å². The highest BCUT2D eigenvalue weighted by atomic mass is 19.1. The summed E-state index contributed by atoms with van der Waals surface area (Å²) in [6.07, 6.45) is 5.11. The van der Waals surface area contributed by atoms with Crippen LogP contribution in [0, 0.1) is 11.8 Å². The van der Waals surface area contributed by atoms with Crippen LogP contribution >= 0.6 is 0 Å². The summed E-state index contributed by atoms with van der Waals surface area (Å²) in [6, 6.07) is 6.58. The second-order valence-electron chi connectivity index (χ2n) is 5.36. The number of anilines is 1. The molecule has 1 N–H and O–H groups in total. The van der Waals surface area contributed by atoms with E-state index in [1.807, 2.05) is 0 Å². The number of pyridine rings is 3. The molecule has 0 aromatic carbocycles. The van der Waals surface area contributed by atoms with E-state index in [4.69, 9.17) is 4.74 Å². The molecule has 10 heteroatoms. The molecule has 134 valence electrons. The summed E-state index contributed by atoms with van der Waals surface area (Å²) in [6.45, 7) is 0. The molecule has 4 rings (SSSR count). The second kappa shape index (κ2) is 6.75. The topological polar surface area (TPSA) is 94.3 Å². The number of rotatable bonds is 4. The molecule has 0 unspecified atom stereocenters. The summed E-state index contributed by atoms with van der Waals surface area (Å²) in [5.41, 5.74) is 0.369. The predicted octanol–water partition coefficient (Wildman–Crippen LogP) is 2.84. The van der Waals surface area contributed by atoms with Gasteiger partial charge in [-0.3, -0.25) is 9.78 Å². The van der Waals surface area contributed by atoms with Crippen LogP contribution in [0.4, 0.5) is 14.6 Å². The van der Waals surface area contributed by atoms with Crippen molar-refractivity contribution >= 4 is 17.4 Å². The Labute approximate surface area is 150 Å². The fourth-order valence-corrected chi connectivity index (χ4v) is 2.37. The Hall–Kier alpha value is -3.95. The predicted molar refractivity (Wildman–Crippen MR) is 89.4 cm³/mol. The van der Waals surface area contributed by atoms with E-state index in [0.717, 1.165) is 18.3 Å². The molecule has 0 aliphatic heterocycles. The molecule has 0 fully saturated rings. The number of carbonyl (C=O) groups is 1. The van der Waals surface area contributed by atoms with Crippen molar-refractivity contribution in [3.05, 3.63) is 72.6 Å². The quantitative estimate of drug-likeness (QED) is 0.557. The van der Waals surface area contributed by atoms with Crippen molar-refractivity contribution in [2.75, 3.05) is 5.32 Å². The summed E-state index contributed by atoms with van der Waals surface area (Å²) in [4.78, 5) is 23.9. The highest BCUT2D eigenvalue weighted by molar-refractivity contribution is 6.08. The molecule has 1 amide bonds. The van der Waals surface area contributed by atoms with Gasteiger partial charge in [0.15, 0.2) is 5.65 Å². The van der Waals surface area contributed by atoms with Crippen LogP contribution in [-0.4, -0.2) is 30.5 Å². The average Bonchev–Trinajstić information content (AvgIpc) is 3.09. The Bertz CT molecular complexity index is 1150. The summed E-state index contributed by atoms with van der Waals surface area (Å²) in [5, 5.41) is 6.47. The number of hydrogen-bond donors (Lipinski definition) is 1. The van der Waals surface area contributed by atoms with E-state index in [-0.39, 0.29) is 28.5 Å². The van der Waals surface area contributed by atoms with Crippen LogP contribution in [0.3, 0.4) is 0 Å². The van der Waals surface area contributed by atoms with Crippen molar-refractivity contribution in [2.45, 2.75) is 0 Å². The number of nitrogens with zero attached hydrogens (tertiary/aromatic N) is 5. The first-order chi connectivity index (χ1) is 13.1. The Morgan fingerprint density at radius 3 is 2.85 bits per heavy atom. The summed E-state index contributed by atoms with van der Waals surface area (Å²) in [7, 11) is 0. The van der Waals surface area contributed by atoms with Crippen molar-refractivity contribution in [3.8, 4) is 11.5 Å². The molecule has 0 radical (unpaired) electrons. The Morgan fingerprint density at radius 2 is 2.04 bits per heavy atom. The smallest absolute Gasteiger partial charge is 0.260 e. The minimum atomic E-state index is -0.726. The maximum Gasteiger partial charge on any atom is 0.260 e. The fourth-order valence-electron chi connectivity index (χ4n) is 2.37. The van der Waals surface area contributed by atoms with Crippen LogP contribution in [0.25, 0.3) is 5.65 Å². The van der Waals surface area contributed by atoms with E-state index in [0.29, 0.717) is 0 Å². The first-order valence-corrected chi connectivity index (χ1v) is 7.64. The average molecular weight is 368 g/mol. The minimum absolute atomic E-state index is 0.0401. The van der Waals surface area contributed by atoms with Crippen LogP contribution in [0.1, 0.15) is 10.4 Å². The van der Waals surface area contributed by atoms with Gasteiger partial charge in [-0.1, -0.05) is 6.07 Å². The van der Waals surface area contributed by atoms with Gasteiger partial charge in [0.05, 0.1) is 24.2 Å². The molecule has 0 spiro atoms. The lowest BCUT2D eigenvalue weighted by Gasteiger charge is -2.09. The maximum absolute atomic E-state index is 13.3. The zero-order valence-corrected chi connectivity index (χ0v) is 13.5. The van der Waals surface area contributed by atoms with Gasteiger partial charge in [0, 0.05) is 6.07 Å². The van der Waals surface area contributed by atoms with Gasteiger partial charge < -0.3 is 10.1 Å². The molecule has 4 heterocycles. The van der Waals surface area contributed by atoms with Crippen molar-refractivity contribution in [3.63, 3.8) is 0 Å². The number of carbonyl (C=O) groups excluding carboxylic acids is 1. The normalized spacial score (nSPS) is 10.7. The number of halogens is 2. The number of hydrogen-bond acceptors (Lipinski definition) is 6. The number of fused-ring (bicyclic) bond motifs is 1. The van der Waals surface area contributed by atoms with Crippen molar-refractivity contribution < 1.29 is 18.3 Å². The molecule has 0 saturated carbocycles. The first kappa shape index (κ1) is 16.5. The largest absolute Gasteiger partial charge is 0.454 e. The van der Waals surface area contributed by atoms with Crippen LogP contribution < -0.4 is 10.1 Å². The monoisotopic (exact) mass is 368 g/mol. The molecular formula is C17H10F2N6O2. The van der Waals surface area contributed by atoms with Gasteiger partial charge in [0.25, 0.3) is 5.91 Å². The van der Waals surface area contributed by atoms with E-state index >= 15 is 0 Å². The second-order valence-corrected chi connectivity index (χ2v) is 5.36. The van der Waals surface area contributed by atoms with E-state index in [9.17, 15) is 13.6 Å². The Kier molecular flexibility index (Phi) is 4.13. The van der Waals surface area contributed by atoms with Crippen LogP contribution in [0.2, 0.25) is 0 Å². The van der Waals surface area contributed by atoms with E-state index in [2.05, 4.69) is 25.4 Å². The molecule has 8 nitrogen and oxygen atoms in total. The summed E-state index contributed by atoms with van der Waals surface area (Å²) < 4.78 is 33.4. The van der Waals surface area contributed by atoms with Crippen molar-refractivity contribution in [2.24, 2.45) is 0 Å². The molecular weight excluding hydrogens is 358 g/mol. The lowest BCUT2D eigenvalue weighted by Crippen LogP contribution is -2.15. The van der Waals surface area contributed by atoms with Gasteiger partial charge in [-0.25, -0.2) is 18.9 Å². The van der Waals surface area contributed by atoms with Crippen molar-refractivity contribution in [1.29, 1.82) is 0 Å². The van der Waals surface area contributed by atoms with E-state index < -0.39 is 17.7 Å². The van der Waals surface area contributed by atoms with Gasteiger partial charge in [0.2, 0.25) is 5.95 Å². The van der Waals surface area contributed by atoms with Crippen LogP contribution in [0.5, 0.6) is 11.5 Å². The van der Waals surface area contributed by atoms with Gasteiger partial charge in [0.1, 0.15) is 29.5 Å². The number of nitrogens with one attached hydrogen (secondary N) is 1. The molecule has 0 aliphatic carbocycles. The van der Waals surface area contributed by atoms with Gasteiger partial charge in [-0.05, 0) is 18.2 Å².